The van der Waals surface area contributed by atoms with Crippen LogP contribution in [0.3, 0.4) is 0 Å². The summed E-state index contributed by atoms with van der Waals surface area (Å²) in [6.07, 6.45) is 0.934. The first-order valence-corrected chi connectivity index (χ1v) is 7.02. The van der Waals surface area contributed by atoms with Crippen molar-refractivity contribution in [3.8, 4) is 5.75 Å². The van der Waals surface area contributed by atoms with Gasteiger partial charge < -0.3 is 10.5 Å². The van der Waals surface area contributed by atoms with Gasteiger partial charge in [0.15, 0.2) is 0 Å². The Bertz CT molecular complexity index is 587. The Hall–Kier alpha value is -1.81. The van der Waals surface area contributed by atoms with Crippen LogP contribution in [0.2, 0.25) is 0 Å². The third-order valence-corrected chi connectivity index (χ3v) is 3.42. The van der Waals surface area contributed by atoms with Gasteiger partial charge in [-0.05, 0) is 32.4 Å². The molecule has 0 aliphatic heterocycles. The second-order valence-corrected chi connectivity index (χ2v) is 5.22. The van der Waals surface area contributed by atoms with Gasteiger partial charge in [-0.3, -0.25) is 4.68 Å². The normalized spacial score (nSPS) is 12.4. The van der Waals surface area contributed by atoms with Gasteiger partial charge in [0, 0.05) is 18.7 Å². The molecule has 1 aromatic heterocycles. The van der Waals surface area contributed by atoms with Crippen LogP contribution in [-0.2, 0) is 20.1 Å². The maximum atomic E-state index is 6.01. The first-order chi connectivity index (χ1) is 9.51. The van der Waals surface area contributed by atoms with E-state index in [0.29, 0.717) is 6.61 Å². The van der Waals surface area contributed by atoms with Crippen LogP contribution in [0.25, 0.3) is 0 Å². The fraction of sp³-hybridized carbons (Fsp3) is 0.438. The zero-order valence-corrected chi connectivity index (χ0v) is 12.7. The van der Waals surface area contributed by atoms with Gasteiger partial charge in [-0.25, -0.2) is 0 Å². The minimum absolute atomic E-state index is 0.0392. The summed E-state index contributed by atoms with van der Waals surface area (Å²) in [7, 11) is 1.94. The van der Waals surface area contributed by atoms with E-state index in [2.05, 4.69) is 31.1 Å². The molecule has 0 spiro atoms. The Labute approximate surface area is 120 Å². The molecule has 1 heterocycles. The van der Waals surface area contributed by atoms with E-state index in [9.17, 15) is 0 Å². The second kappa shape index (κ2) is 6.09. The molecule has 0 saturated heterocycles. The minimum Gasteiger partial charge on any atom is -0.487 e. The third kappa shape index (κ3) is 3.20. The first-order valence-electron chi connectivity index (χ1n) is 7.02. The number of hydrogen-bond donors (Lipinski definition) is 1. The van der Waals surface area contributed by atoms with Crippen LogP contribution >= 0.6 is 0 Å². The number of benzene rings is 1. The molecule has 0 radical (unpaired) electrons. The van der Waals surface area contributed by atoms with Crippen LogP contribution in [0, 0.1) is 6.92 Å². The van der Waals surface area contributed by atoms with Crippen LogP contribution < -0.4 is 10.5 Å². The third-order valence-electron chi connectivity index (χ3n) is 3.42. The number of nitrogens with two attached hydrogens (primary N) is 1. The molecule has 2 N–H and O–H groups in total. The van der Waals surface area contributed by atoms with Gasteiger partial charge in [-0.2, -0.15) is 5.10 Å². The lowest BCUT2D eigenvalue weighted by Crippen LogP contribution is -2.09. The molecule has 0 fully saturated rings. The molecule has 4 nitrogen and oxygen atoms in total. The van der Waals surface area contributed by atoms with Crippen LogP contribution in [0.5, 0.6) is 5.75 Å². The van der Waals surface area contributed by atoms with Crippen molar-refractivity contribution in [3.05, 3.63) is 46.8 Å². The number of nitrogens with zero attached hydrogens (tertiary/aromatic N) is 2. The highest BCUT2D eigenvalue weighted by atomic mass is 16.5. The quantitative estimate of drug-likeness (QED) is 0.911. The molecule has 108 valence electrons. The summed E-state index contributed by atoms with van der Waals surface area (Å²) in [4.78, 5) is 0. The molecular formula is C16H23N3O. The van der Waals surface area contributed by atoms with E-state index in [4.69, 9.17) is 10.5 Å². The minimum atomic E-state index is -0.0392. The maximum Gasteiger partial charge on any atom is 0.130 e. The first kappa shape index (κ1) is 14.6. The Kier molecular flexibility index (Phi) is 4.45. The molecule has 4 heteroatoms. The number of ether oxygens (including phenoxy) is 1. The molecular weight excluding hydrogens is 250 g/mol. The van der Waals surface area contributed by atoms with E-state index in [-0.39, 0.29) is 6.04 Å². The number of aromatic nitrogens is 2. The van der Waals surface area contributed by atoms with E-state index in [1.54, 1.807) is 0 Å². The van der Waals surface area contributed by atoms with E-state index >= 15 is 0 Å². The highest BCUT2D eigenvalue weighted by Gasteiger charge is 2.10. The van der Waals surface area contributed by atoms with Crippen molar-refractivity contribution in [1.82, 2.24) is 9.78 Å². The van der Waals surface area contributed by atoms with E-state index < -0.39 is 0 Å². The summed E-state index contributed by atoms with van der Waals surface area (Å²) in [5, 5.41) is 4.43. The average molecular weight is 273 g/mol. The highest BCUT2D eigenvalue weighted by Crippen LogP contribution is 2.25. The summed E-state index contributed by atoms with van der Waals surface area (Å²) in [5.41, 5.74) is 10.4. The fourth-order valence-corrected chi connectivity index (χ4v) is 2.19. The van der Waals surface area contributed by atoms with Crippen LogP contribution in [0.4, 0.5) is 0 Å². The van der Waals surface area contributed by atoms with Gasteiger partial charge in [-0.15, -0.1) is 0 Å². The molecule has 0 unspecified atom stereocenters. The van der Waals surface area contributed by atoms with Gasteiger partial charge in [0.05, 0.1) is 11.4 Å². The molecule has 20 heavy (non-hydrogen) atoms. The Morgan fingerprint density at radius 3 is 2.70 bits per heavy atom. The zero-order valence-electron chi connectivity index (χ0n) is 12.7. The molecule has 0 aliphatic carbocycles. The number of rotatable bonds is 5. The molecule has 2 aromatic rings. The number of hydrogen-bond acceptors (Lipinski definition) is 3. The topological polar surface area (TPSA) is 53.1 Å². The number of aryl methyl sites for hydroxylation is 3. The molecule has 2 rings (SSSR count). The summed E-state index contributed by atoms with van der Waals surface area (Å²) >= 11 is 0. The lowest BCUT2D eigenvalue weighted by molar-refractivity contribution is 0.290. The molecule has 1 aromatic carbocycles. The van der Waals surface area contributed by atoms with Crippen molar-refractivity contribution in [2.45, 2.75) is 39.8 Å². The van der Waals surface area contributed by atoms with Crippen molar-refractivity contribution in [2.75, 3.05) is 0 Å². The largest absolute Gasteiger partial charge is 0.487 e. The van der Waals surface area contributed by atoms with Gasteiger partial charge in [0.1, 0.15) is 12.4 Å². The molecule has 0 saturated carbocycles. The lowest BCUT2D eigenvalue weighted by atomic mass is 10.1. The van der Waals surface area contributed by atoms with E-state index in [1.807, 2.05) is 30.8 Å². The SMILES string of the molecule is CCc1cc(COc2ccc(C)cc2[C@@H](C)N)n(C)n1. The zero-order chi connectivity index (χ0) is 14.7. The van der Waals surface area contributed by atoms with E-state index in [0.717, 1.165) is 29.1 Å². The Morgan fingerprint density at radius 1 is 1.35 bits per heavy atom. The van der Waals surface area contributed by atoms with Crippen LogP contribution in [0.1, 0.15) is 42.4 Å². The van der Waals surface area contributed by atoms with Crippen LogP contribution in [0.15, 0.2) is 24.3 Å². The van der Waals surface area contributed by atoms with Crippen molar-refractivity contribution in [1.29, 1.82) is 0 Å². The monoisotopic (exact) mass is 273 g/mol. The maximum absolute atomic E-state index is 6.01. The van der Waals surface area contributed by atoms with Gasteiger partial charge >= 0.3 is 0 Å². The van der Waals surface area contributed by atoms with Crippen molar-refractivity contribution in [2.24, 2.45) is 12.8 Å². The smallest absolute Gasteiger partial charge is 0.130 e. The predicted molar refractivity (Wildman–Crippen MR) is 80.7 cm³/mol. The summed E-state index contributed by atoms with van der Waals surface area (Å²) in [5.74, 6) is 0.852. The van der Waals surface area contributed by atoms with Gasteiger partial charge in [0.2, 0.25) is 0 Å². The predicted octanol–water partition coefficient (Wildman–Crippen LogP) is 2.89. The van der Waals surface area contributed by atoms with Crippen molar-refractivity contribution in [3.63, 3.8) is 0 Å². The lowest BCUT2D eigenvalue weighted by Gasteiger charge is -2.14. The Morgan fingerprint density at radius 2 is 2.10 bits per heavy atom. The summed E-state index contributed by atoms with van der Waals surface area (Å²) in [6.45, 7) is 6.64. The van der Waals surface area contributed by atoms with Crippen LogP contribution in [-0.4, -0.2) is 9.78 Å². The van der Waals surface area contributed by atoms with E-state index in [1.165, 1.54) is 5.56 Å². The van der Waals surface area contributed by atoms with Crippen molar-refractivity contribution < 1.29 is 4.74 Å². The van der Waals surface area contributed by atoms with Gasteiger partial charge in [-0.1, -0.05) is 24.6 Å². The second-order valence-electron chi connectivity index (χ2n) is 5.22. The molecule has 0 bridgehead atoms. The molecule has 1 atom stereocenters. The Balaban J connectivity index is 2.16. The molecule has 0 aliphatic rings. The highest BCUT2D eigenvalue weighted by molar-refractivity contribution is 5.38. The van der Waals surface area contributed by atoms with Gasteiger partial charge in [0.25, 0.3) is 0 Å². The van der Waals surface area contributed by atoms with Crippen molar-refractivity contribution >= 4 is 0 Å². The summed E-state index contributed by atoms with van der Waals surface area (Å²) < 4.78 is 7.81. The standard InChI is InChI=1S/C16H23N3O/c1-5-13-9-14(19(4)18-13)10-20-16-7-6-11(2)8-15(16)12(3)17/h6-9,12H,5,10,17H2,1-4H3/t12-/m1/s1. The fourth-order valence-electron chi connectivity index (χ4n) is 2.19. The summed E-state index contributed by atoms with van der Waals surface area (Å²) in [6, 6.07) is 8.16. The average Bonchev–Trinajstić information content (AvgIpc) is 2.78. The molecule has 0 amide bonds.